The quantitative estimate of drug-likeness (QED) is 0.445. The molecule has 21 heavy (non-hydrogen) atoms. The van der Waals surface area contributed by atoms with Crippen LogP contribution in [0.4, 0.5) is 0 Å². The van der Waals surface area contributed by atoms with Crippen LogP contribution in [-0.4, -0.2) is 33.1 Å². The molecule has 0 aliphatic rings. The van der Waals surface area contributed by atoms with Crippen LogP contribution in [0, 0.1) is 6.92 Å². The minimum absolute atomic E-state index is 0.147. The smallest absolute Gasteiger partial charge is 0.305 e. The fourth-order valence-corrected chi connectivity index (χ4v) is 2.76. The molecule has 0 saturated heterocycles. The van der Waals surface area contributed by atoms with Crippen LogP contribution < -0.4 is 0 Å². The largest absolute Gasteiger partial charge is 0.469 e. The van der Waals surface area contributed by atoms with E-state index in [-0.39, 0.29) is 5.97 Å². The fraction of sp³-hybridized carbons (Fsp3) is 0.500. The van der Waals surface area contributed by atoms with Crippen LogP contribution in [0.15, 0.2) is 21.9 Å². The van der Waals surface area contributed by atoms with Gasteiger partial charge in [0, 0.05) is 19.2 Å². The van der Waals surface area contributed by atoms with Crippen molar-refractivity contribution in [1.29, 1.82) is 0 Å². The Balaban J connectivity index is 1.90. The Morgan fingerprint density at radius 1 is 1.48 bits per heavy atom. The van der Waals surface area contributed by atoms with Crippen molar-refractivity contribution in [3.63, 3.8) is 0 Å². The molecule has 6 nitrogen and oxygen atoms in total. The molecule has 0 N–H and O–H groups in total. The summed E-state index contributed by atoms with van der Waals surface area (Å²) < 4.78 is 12.1. The number of hydrogen-bond acceptors (Lipinski definition) is 6. The van der Waals surface area contributed by atoms with Crippen molar-refractivity contribution in [1.82, 2.24) is 14.8 Å². The Morgan fingerprint density at radius 3 is 2.95 bits per heavy atom. The van der Waals surface area contributed by atoms with Crippen LogP contribution in [0.25, 0.3) is 11.4 Å². The molecule has 114 valence electrons. The molecule has 0 saturated carbocycles. The zero-order valence-corrected chi connectivity index (χ0v) is 13.3. The standard InChI is InChI=1S/C14H19N3O3S/c1-4-19-12(18)6-5-9-21-14-16-15-13(17(14)3)11-7-8-20-10(11)2/h7-8H,4-6,9H2,1-3H3. The van der Waals surface area contributed by atoms with Gasteiger partial charge in [-0.2, -0.15) is 0 Å². The number of hydrogen-bond donors (Lipinski definition) is 0. The van der Waals surface area contributed by atoms with E-state index in [0.29, 0.717) is 13.0 Å². The van der Waals surface area contributed by atoms with Gasteiger partial charge in [0.05, 0.1) is 18.4 Å². The maximum Gasteiger partial charge on any atom is 0.305 e. The van der Waals surface area contributed by atoms with Crippen molar-refractivity contribution in [2.24, 2.45) is 7.05 Å². The van der Waals surface area contributed by atoms with Crippen molar-refractivity contribution < 1.29 is 13.9 Å². The number of thioether (sulfide) groups is 1. The Bertz CT molecular complexity index is 606. The summed E-state index contributed by atoms with van der Waals surface area (Å²) in [5, 5.41) is 9.21. The van der Waals surface area contributed by atoms with Gasteiger partial charge >= 0.3 is 5.97 Å². The Hall–Kier alpha value is -1.76. The van der Waals surface area contributed by atoms with E-state index in [4.69, 9.17) is 9.15 Å². The number of carbonyl (C=O) groups is 1. The summed E-state index contributed by atoms with van der Waals surface area (Å²) in [5.41, 5.74) is 0.948. The van der Waals surface area contributed by atoms with E-state index in [1.54, 1.807) is 18.0 Å². The number of ether oxygens (including phenoxy) is 1. The molecule has 0 fully saturated rings. The normalized spacial score (nSPS) is 10.8. The van der Waals surface area contributed by atoms with Gasteiger partial charge in [-0.3, -0.25) is 4.79 Å². The number of carbonyl (C=O) groups excluding carboxylic acids is 1. The Labute approximate surface area is 127 Å². The first kappa shape index (κ1) is 15.6. The summed E-state index contributed by atoms with van der Waals surface area (Å²) in [7, 11) is 1.93. The van der Waals surface area contributed by atoms with E-state index in [1.807, 2.05) is 31.5 Å². The molecule has 7 heteroatoms. The summed E-state index contributed by atoms with van der Waals surface area (Å²) >= 11 is 1.58. The molecular formula is C14H19N3O3S. The number of furan rings is 1. The molecule has 0 aliphatic carbocycles. The highest BCUT2D eigenvalue weighted by Crippen LogP contribution is 2.26. The number of aryl methyl sites for hydroxylation is 1. The van der Waals surface area contributed by atoms with Crippen molar-refractivity contribution in [3.05, 3.63) is 18.1 Å². The third-order valence-electron chi connectivity index (χ3n) is 3.00. The predicted octanol–water partition coefficient (Wildman–Crippen LogP) is 2.82. The summed E-state index contributed by atoms with van der Waals surface area (Å²) in [6.45, 7) is 4.14. The van der Waals surface area contributed by atoms with Crippen LogP contribution in [-0.2, 0) is 16.6 Å². The highest BCUT2D eigenvalue weighted by Gasteiger charge is 2.14. The van der Waals surface area contributed by atoms with Crippen molar-refractivity contribution in [3.8, 4) is 11.4 Å². The molecule has 0 aromatic carbocycles. The maximum absolute atomic E-state index is 11.2. The molecular weight excluding hydrogens is 290 g/mol. The third-order valence-corrected chi connectivity index (χ3v) is 4.10. The molecule has 2 rings (SSSR count). The molecule has 0 aliphatic heterocycles. The van der Waals surface area contributed by atoms with Gasteiger partial charge in [-0.1, -0.05) is 11.8 Å². The predicted molar refractivity (Wildman–Crippen MR) is 80.0 cm³/mol. The van der Waals surface area contributed by atoms with Crippen LogP contribution in [0.3, 0.4) is 0 Å². The average Bonchev–Trinajstić information content (AvgIpc) is 3.02. The van der Waals surface area contributed by atoms with Crippen molar-refractivity contribution in [2.75, 3.05) is 12.4 Å². The van der Waals surface area contributed by atoms with Gasteiger partial charge in [0.1, 0.15) is 5.76 Å². The van der Waals surface area contributed by atoms with Crippen molar-refractivity contribution >= 4 is 17.7 Å². The molecule has 2 heterocycles. The van der Waals surface area contributed by atoms with Crippen LogP contribution in [0.5, 0.6) is 0 Å². The first-order chi connectivity index (χ1) is 10.1. The third kappa shape index (κ3) is 3.87. The second kappa shape index (κ2) is 7.31. The lowest BCUT2D eigenvalue weighted by Gasteiger charge is -2.03. The summed E-state index contributed by atoms with van der Waals surface area (Å²) in [5.74, 6) is 2.26. The average molecular weight is 309 g/mol. The van der Waals surface area contributed by atoms with E-state index in [9.17, 15) is 4.79 Å². The van der Waals surface area contributed by atoms with E-state index in [0.717, 1.165) is 34.5 Å². The highest BCUT2D eigenvalue weighted by molar-refractivity contribution is 7.99. The summed E-state index contributed by atoms with van der Waals surface area (Å²) in [4.78, 5) is 11.2. The zero-order valence-electron chi connectivity index (χ0n) is 12.5. The second-order valence-electron chi connectivity index (χ2n) is 4.51. The number of aromatic nitrogens is 3. The van der Waals surface area contributed by atoms with Gasteiger partial charge in [0.25, 0.3) is 0 Å². The summed E-state index contributed by atoms with van der Waals surface area (Å²) in [6, 6.07) is 1.88. The first-order valence-corrected chi connectivity index (χ1v) is 7.84. The van der Waals surface area contributed by atoms with Gasteiger partial charge in [-0.15, -0.1) is 10.2 Å². The Morgan fingerprint density at radius 2 is 2.29 bits per heavy atom. The van der Waals surface area contributed by atoms with E-state index in [1.165, 1.54) is 0 Å². The molecule has 0 amide bonds. The second-order valence-corrected chi connectivity index (χ2v) is 5.57. The molecule has 0 spiro atoms. The molecule has 2 aromatic rings. The molecule has 0 bridgehead atoms. The lowest BCUT2D eigenvalue weighted by molar-refractivity contribution is -0.143. The van der Waals surface area contributed by atoms with Crippen LogP contribution >= 0.6 is 11.8 Å². The van der Waals surface area contributed by atoms with Gasteiger partial charge in [0.2, 0.25) is 0 Å². The monoisotopic (exact) mass is 309 g/mol. The SMILES string of the molecule is CCOC(=O)CCCSc1nnc(-c2ccoc2C)n1C. The molecule has 0 radical (unpaired) electrons. The van der Waals surface area contributed by atoms with Gasteiger partial charge in [0.15, 0.2) is 11.0 Å². The van der Waals surface area contributed by atoms with Gasteiger partial charge < -0.3 is 13.7 Å². The lowest BCUT2D eigenvalue weighted by atomic mass is 10.2. The van der Waals surface area contributed by atoms with Crippen LogP contribution in [0.1, 0.15) is 25.5 Å². The van der Waals surface area contributed by atoms with Crippen molar-refractivity contribution in [2.45, 2.75) is 31.8 Å². The summed E-state index contributed by atoms with van der Waals surface area (Å²) in [6.07, 6.45) is 2.84. The van der Waals surface area contributed by atoms with Gasteiger partial charge in [-0.05, 0) is 26.3 Å². The highest BCUT2D eigenvalue weighted by atomic mass is 32.2. The molecule has 0 atom stereocenters. The minimum atomic E-state index is -0.147. The first-order valence-electron chi connectivity index (χ1n) is 6.85. The maximum atomic E-state index is 11.2. The number of nitrogens with zero attached hydrogens (tertiary/aromatic N) is 3. The van der Waals surface area contributed by atoms with E-state index < -0.39 is 0 Å². The Kier molecular flexibility index (Phi) is 5.44. The van der Waals surface area contributed by atoms with E-state index >= 15 is 0 Å². The number of rotatable bonds is 7. The van der Waals surface area contributed by atoms with Crippen LogP contribution in [0.2, 0.25) is 0 Å². The zero-order chi connectivity index (χ0) is 15.2. The topological polar surface area (TPSA) is 70.2 Å². The lowest BCUT2D eigenvalue weighted by Crippen LogP contribution is -2.04. The minimum Gasteiger partial charge on any atom is -0.469 e. The molecule has 2 aromatic heterocycles. The number of esters is 1. The fourth-order valence-electron chi connectivity index (χ4n) is 1.91. The van der Waals surface area contributed by atoms with E-state index in [2.05, 4.69) is 10.2 Å². The van der Waals surface area contributed by atoms with Gasteiger partial charge in [-0.25, -0.2) is 0 Å². The molecule has 0 unspecified atom stereocenters.